The Labute approximate surface area is 105 Å². The van der Waals surface area contributed by atoms with Crippen LogP contribution in [0.5, 0.6) is 0 Å². The maximum absolute atomic E-state index is 10.9. The molecule has 2 rings (SSSR count). The highest BCUT2D eigenvalue weighted by atomic mass is 16.4. The summed E-state index contributed by atoms with van der Waals surface area (Å²) in [5.74, 6) is 0.787. The molecule has 0 saturated carbocycles. The van der Waals surface area contributed by atoms with Crippen LogP contribution in [-0.2, 0) is 6.54 Å². The van der Waals surface area contributed by atoms with Crippen LogP contribution in [0, 0.1) is 6.92 Å². The average molecular weight is 248 g/mol. The Bertz CT molecular complexity index is 542. The number of carbonyl (C=O) groups is 1. The number of hydrogen-bond acceptors (Lipinski definition) is 3. The summed E-state index contributed by atoms with van der Waals surface area (Å²) in [6, 6.07) is 5.41. The molecule has 3 N–H and O–H groups in total. The fourth-order valence-corrected chi connectivity index (χ4v) is 1.79. The number of aromatic amines is 1. The van der Waals surface area contributed by atoms with Gasteiger partial charge in [0.05, 0.1) is 11.6 Å². The second-order valence-corrected chi connectivity index (χ2v) is 4.23. The summed E-state index contributed by atoms with van der Waals surface area (Å²) in [4.78, 5) is 13.9. The summed E-state index contributed by atoms with van der Waals surface area (Å²) >= 11 is 0. The van der Waals surface area contributed by atoms with E-state index in [1.165, 1.54) is 0 Å². The molecule has 2 heterocycles. The average Bonchev–Trinajstić information content (AvgIpc) is 2.94. The molecule has 5 heteroatoms. The van der Waals surface area contributed by atoms with Gasteiger partial charge in [0.1, 0.15) is 11.5 Å². The highest BCUT2D eigenvalue weighted by Crippen LogP contribution is 2.16. The Kier molecular flexibility index (Phi) is 3.53. The predicted molar refractivity (Wildman–Crippen MR) is 66.5 cm³/mol. The molecule has 2 aromatic rings. The molecule has 0 bridgehead atoms. The van der Waals surface area contributed by atoms with Crippen molar-refractivity contribution >= 4 is 5.97 Å². The highest BCUT2D eigenvalue weighted by Gasteiger charge is 2.13. The van der Waals surface area contributed by atoms with Gasteiger partial charge in [-0.25, -0.2) is 4.79 Å². The van der Waals surface area contributed by atoms with Crippen LogP contribution in [0.1, 0.15) is 40.5 Å². The molecule has 0 aliphatic rings. The molecule has 5 nitrogen and oxygen atoms in total. The lowest BCUT2D eigenvalue weighted by Gasteiger charge is -2.11. The molecule has 0 fully saturated rings. The van der Waals surface area contributed by atoms with E-state index in [9.17, 15) is 4.79 Å². The maximum atomic E-state index is 10.9. The molecule has 0 aromatic carbocycles. The largest absolute Gasteiger partial charge is 0.478 e. The normalized spacial score (nSPS) is 12.6. The third-order valence-electron chi connectivity index (χ3n) is 2.84. The minimum Gasteiger partial charge on any atom is -0.478 e. The van der Waals surface area contributed by atoms with E-state index in [0.29, 0.717) is 17.8 Å². The van der Waals surface area contributed by atoms with Crippen molar-refractivity contribution in [2.45, 2.75) is 26.4 Å². The van der Waals surface area contributed by atoms with E-state index in [4.69, 9.17) is 9.52 Å². The van der Waals surface area contributed by atoms with Crippen molar-refractivity contribution in [3.8, 4) is 0 Å². The Morgan fingerprint density at radius 3 is 2.89 bits per heavy atom. The molecular weight excluding hydrogens is 232 g/mol. The van der Waals surface area contributed by atoms with Crippen molar-refractivity contribution in [3.63, 3.8) is 0 Å². The molecule has 0 aliphatic carbocycles. The number of furan rings is 1. The third kappa shape index (κ3) is 2.62. The van der Waals surface area contributed by atoms with Crippen LogP contribution in [0.25, 0.3) is 0 Å². The molecule has 96 valence electrons. The van der Waals surface area contributed by atoms with Gasteiger partial charge in [0, 0.05) is 18.4 Å². The predicted octanol–water partition coefficient (Wildman–Crippen LogP) is 2.47. The molecule has 0 spiro atoms. The van der Waals surface area contributed by atoms with E-state index in [0.717, 1.165) is 11.5 Å². The zero-order valence-corrected chi connectivity index (χ0v) is 10.4. The number of carboxylic acids is 1. The molecule has 18 heavy (non-hydrogen) atoms. The first-order chi connectivity index (χ1) is 8.58. The van der Waals surface area contributed by atoms with E-state index >= 15 is 0 Å². The number of nitrogens with one attached hydrogen (secondary N) is 2. The summed E-state index contributed by atoms with van der Waals surface area (Å²) < 4.78 is 5.50. The van der Waals surface area contributed by atoms with Gasteiger partial charge in [-0.2, -0.15) is 0 Å². The van der Waals surface area contributed by atoms with Gasteiger partial charge in [0.2, 0.25) is 0 Å². The topological polar surface area (TPSA) is 78.3 Å². The van der Waals surface area contributed by atoms with Gasteiger partial charge in [-0.15, -0.1) is 0 Å². The molecule has 0 radical (unpaired) electrons. The summed E-state index contributed by atoms with van der Waals surface area (Å²) in [7, 11) is 0. The summed E-state index contributed by atoms with van der Waals surface area (Å²) in [6.45, 7) is 4.32. The number of aromatic carboxylic acids is 1. The highest BCUT2D eigenvalue weighted by molar-refractivity contribution is 5.88. The van der Waals surface area contributed by atoms with Crippen LogP contribution in [0.2, 0.25) is 0 Å². The van der Waals surface area contributed by atoms with Crippen molar-refractivity contribution in [1.29, 1.82) is 0 Å². The third-order valence-corrected chi connectivity index (χ3v) is 2.84. The van der Waals surface area contributed by atoms with Gasteiger partial charge in [-0.1, -0.05) is 0 Å². The van der Waals surface area contributed by atoms with Crippen molar-refractivity contribution < 1.29 is 14.3 Å². The lowest BCUT2D eigenvalue weighted by Crippen LogP contribution is -2.19. The Morgan fingerprint density at radius 2 is 2.28 bits per heavy atom. The fraction of sp³-hybridized carbons (Fsp3) is 0.308. The maximum Gasteiger partial charge on any atom is 0.337 e. The van der Waals surface area contributed by atoms with Crippen molar-refractivity contribution in [1.82, 2.24) is 10.3 Å². The van der Waals surface area contributed by atoms with Crippen LogP contribution >= 0.6 is 0 Å². The molecule has 0 saturated heterocycles. The number of carboxylic acid groups (broad SMARTS) is 1. The van der Waals surface area contributed by atoms with Crippen molar-refractivity contribution in [2.24, 2.45) is 0 Å². The lowest BCUT2D eigenvalue weighted by molar-refractivity contribution is 0.0695. The Morgan fingerprint density at radius 1 is 1.50 bits per heavy atom. The van der Waals surface area contributed by atoms with E-state index in [-0.39, 0.29) is 6.04 Å². The first kappa shape index (κ1) is 12.4. The van der Waals surface area contributed by atoms with E-state index < -0.39 is 5.97 Å². The molecular formula is C13H16N2O3. The first-order valence-corrected chi connectivity index (χ1v) is 5.77. The zero-order valence-electron chi connectivity index (χ0n) is 10.4. The van der Waals surface area contributed by atoms with E-state index in [2.05, 4.69) is 10.3 Å². The van der Waals surface area contributed by atoms with Gasteiger partial charge in [0.15, 0.2) is 0 Å². The summed E-state index contributed by atoms with van der Waals surface area (Å²) in [6.07, 6.45) is 1.63. The monoisotopic (exact) mass is 248 g/mol. The van der Waals surface area contributed by atoms with E-state index in [1.54, 1.807) is 12.3 Å². The van der Waals surface area contributed by atoms with Crippen molar-refractivity contribution in [3.05, 3.63) is 47.2 Å². The SMILES string of the molecule is Cc1ccc(C(C)NCc2[nH]ccc2C(=O)O)o1. The van der Waals surface area contributed by atoms with Gasteiger partial charge in [-0.3, -0.25) is 0 Å². The van der Waals surface area contributed by atoms with Crippen LogP contribution < -0.4 is 5.32 Å². The number of aromatic nitrogens is 1. The number of rotatable bonds is 5. The Balaban J connectivity index is 1.99. The van der Waals surface area contributed by atoms with Crippen molar-refractivity contribution in [2.75, 3.05) is 0 Å². The second-order valence-electron chi connectivity index (χ2n) is 4.23. The minimum atomic E-state index is -0.922. The van der Waals surface area contributed by atoms with Crippen LogP contribution in [-0.4, -0.2) is 16.1 Å². The smallest absolute Gasteiger partial charge is 0.337 e. The van der Waals surface area contributed by atoms with Gasteiger partial charge in [-0.05, 0) is 32.0 Å². The Hall–Kier alpha value is -2.01. The molecule has 2 aromatic heterocycles. The van der Waals surface area contributed by atoms with Gasteiger partial charge < -0.3 is 19.8 Å². The number of aryl methyl sites for hydroxylation is 1. The first-order valence-electron chi connectivity index (χ1n) is 5.77. The van der Waals surface area contributed by atoms with Crippen LogP contribution in [0.15, 0.2) is 28.8 Å². The lowest BCUT2D eigenvalue weighted by atomic mass is 10.2. The minimum absolute atomic E-state index is 0.0312. The number of hydrogen-bond donors (Lipinski definition) is 3. The zero-order chi connectivity index (χ0) is 13.1. The summed E-state index contributed by atoms with van der Waals surface area (Å²) in [5, 5.41) is 12.2. The molecule has 0 amide bonds. The van der Waals surface area contributed by atoms with Crippen LogP contribution in [0.4, 0.5) is 0 Å². The van der Waals surface area contributed by atoms with Gasteiger partial charge >= 0.3 is 5.97 Å². The van der Waals surface area contributed by atoms with Gasteiger partial charge in [0.25, 0.3) is 0 Å². The summed E-state index contributed by atoms with van der Waals surface area (Å²) in [5.41, 5.74) is 0.961. The van der Waals surface area contributed by atoms with Crippen LogP contribution in [0.3, 0.4) is 0 Å². The van der Waals surface area contributed by atoms with E-state index in [1.807, 2.05) is 26.0 Å². The second kappa shape index (κ2) is 5.10. The molecule has 1 unspecified atom stereocenters. The standard InChI is InChI=1S/C13H16N2O3/c1-8-3-4-12(18-8)9(2)15-7-11-10(13(16)17)5-6-14-11/h3-6,9,14-15H,7H2,1-2H3,(H,16,17). The molecule has 1 atom stereocenters. The quantitative estimate of drug-likeness (QED) is 0.759. The molecule has 0 aliphatic heterocycles. The fourth-order valence-electron chi connectivity index (χ4n) is 1.79. The number of H-pyrrole nitrogens is 1.